The summed E-state index contributed by atoms with van der Waals surface area (Å²) < 4.78 is 44.9. The van der Waals surface area contributed by atoms with Crippen molar-refractivity contribution in [2.75, 3.05) is 0 Å². The molecule has 0 N–H and O–H groups in total. The van der Waals surface area contributed by atoms with Crippen LogP contribution in [0.3, 0.4) is 0 Å². The standard InChI is InChI=1S/C30H28F2N4O2S/c1-19(39(38)26-17-34-35(2)18-26)20-3-4-22-13-28-21(10-12-36(28)25-7-5-23(31)6-8-25)16-30(22,15-20)29(37)27-14-24(32)9-11-33-27/h5-14,17-20H,3-4,15-16H2,1-2H3. The van der Waals surface area contributed by atoms with Crippen molar-refractivity contribution < 1.29 is 17.8 Å². The molecule has 6 nitrogen and oxygen atoms in total. The first-order chi connectivity index (χ1) is 18.7. The number of allylic oxidation sites excluding steroid dienone is 1. The molecule has 0 bridgehead atoms. The van der Waals surface area contributed by atoms with Gasteiger partial charge >= 0.3 is 0 Å². The van der Waals surface area contributed by atoms with Gasteiger partial charge in [0.05, 0.1) is 27.3 Å². The molecule has 0 saturated heterocycles. The minimum Gasteiger partial charge on any atom is -0.317 e. The molecule has 4 aromatic rings. The Morgan fingerprint density at radius 2 is 1.95 bits per heavy atom. The number of hydrogen-bond acceptors (Lipinski definition) is 4. The number of carbonyl (C=O) groups is 1. The van der Waals surface area contributed by atoms with Gasteiger partial charge in [0.2, 0.25) is 0 Å². The van der Waals surface area contributed by atoms with Crippen molar-refractivity contribution >= 4 is 22.7 Å². The number of rotatable bonds is 6. The number of fused-ring (bicyclic) bond motifs is 2. The van der Waals surface area contributed by atoms with Gasteiger partial charge in [-0.1, -0.05) is 12.5 Å². The summed E-state index contributed by atoms with van der Waals surface area (Å²) >= 11 is 0. The predicted molar refractivity (Wildman–Crippen MR) is 145 cm³/mol. The van der Waals surface area contributed by atoms with E-state index in [1.807, 2.05) is 23.8 Å². The van der Waals surface area contributed by atoms with Crippen LogP contribution in [-0.4, -0.2) is 34.6 Å². The predicted octanol–water partition coefficient (Wildman–Crippen LogP) is 5.69. The van der Waals surface area contributed by atoms with Gasteiger partial charge in [0, 0.05) is 48.3 Å². The number of halogens is 2. The number of hydrogen-bond donors (Lipinski definition) is 0. The third-order valence-electron chi connectivity index (χ3n) is 8.24. The Labute approximate surface area is 227 Å². The topological polar surface area (TPSA) is 69.8 Å². The van der Waals surface area contributed by atoms with Crippen LogP contribution in [0.4, 0.5) is 8.78 Å². The molecule has 0 aliphatic heterocycles. The van der Waals surface area contributed by atoms with Crippen molar-refractivity contribution in [2.24, 2.45) is 18.4 Å². The van der Waals surface area contributed by atoms with Crippen molar-refractivity contribution in [3.63, 3.8) is 0 Å². The van der Waals surface area contributed by atoms with E-state index in [0.717, 1.165) is 28.9 Å². The highest BCUT2D eigenvalue weighted by atomic mass is 32.2. The second-order valence-corrected chi connectivity index (χ2v) is 12.4. The highest BCUT2D eigenvalue weighted by molar-refractivity contribution is 7.85. The summed E-state index contributed by atoms with van der Waals surface area (Å²) in [7, 11) is 0.503. The molecular formula is C30H28F2N4O2S. The number of nitrogens with zero attached hydrogens (tertiary/aromatic N) is 4. The Morgan fingerprint density at radius 3 is 2.67 bits per heavy atom. The summed E-state index contributed by atoms with van der Waals surface area (Å²) in [5.74, 6) is -1.02. The summed E-state index contributed by atoms with van der Waals surface area (Å²) in [4.78, 5) is 19.1. The third kappa shape index (κ3) is 4.48. The number of Topliss-reactive ketones (excluding diaryl/α,β-unsaturated/α-hetero) is 1. The minimum absolute atomic E-state index is 0.00133. The van der Waals surface area contributed by atoms with E-state index < -0.39 is 22.0 Å². The molecular weight excluding hydrogens is 518 g/mol. The van der Waals surface area contributed by atoms with Gasteiger partial charge in [-0.25, -0.2) is 8.78 Å². The summed E-state index contributed by atoms with van der Waals surface area (Å²) in [6.07, 6.45) is 11.1. The Balaban J connectivity index is 1.40. The lowest BCUT2D eigenvalue weighted by Crippen LogP contribution is -2.45. The first kappa shape index (κ1) is 25.6. The van der Waals surface area contributed by atoms with E-state index in [1.54, 1.807) is 36.3 Å². The normalized spacial score (nSPS) is 21.9. The molecule has 4 atom stereocenters. The molecule has 0 amide bonds. The van der Waals surface area contributed by atoms with Crippen molar-refractivity contribution in [3.8, 4) is 5.69 Å². The number of carbonyl (C=O) groups excluding carboxylic acids is 1. The molecule has 2 aliphatic carbocycles. The van der Waals surface area contributed by atoms with Crippen LogP contribution >= 0.6 is 0 Å². The molecule has 200 valence electrons. The zero-order valence-electron chi connectivity index (χ0n) is 21.7. The van der Waals surface area contributed by atoms with Crippen molar-refractivity contribution in [3.05, 3.63) is 101 Å². The van der Waals surface area contributed by atoms with E-state index in [1.165, 1.54) is 30.5 Å². The molecule has 1 saturated carbocycles. The number of ketones is 1. The van der Waals surface area contributed by atoms with E-state index >= 15 is 0 Å². The Morgan fingerprint density at radius 1 is 1.15 bits per heavy atom. The molecule has 6 rings (SSSR count). The zero-order valence-corrected chi connectivity index (χ0v) is 22.5. The monoisotopic (exact) mass is 546 g/mol. The first-order valence-corrected chi connectivity index (χ1v) is 14.2. The number of benzene rings is 1. The molecule has 3 aromatic heterocycles. The lowest BCUT2D eigenvalue weighted by molar-refractivity contribution is 0.0754. The fraction of sp³-hybridized carbons (Fsp3) is 0.300. The fourth-order valence-corrected chi connectivity index (χ4v) is 7.57. The first-order valence-electron chi connectivity index (χ1n) is 13.0. The van der Waals surface area contributed by atoms with Crippen LogP contribution in [0.15, 0.2) is 77.7 Å². The van der Waals surface area contributed by atoms with E-state index in [4.69, 9.17) is 0 Å². The van der Waals surface area contributed by atoms with Gasteiger partial charge in [0.25, 0.3) is 0 Å². The molecule has 39 heavy (non-hydrogen) atoms. The smallest absolute Gasteiger partial charge is 0.191 e. The van der Waals surface area contributed by atoms with Crippen LogP contribution in [0, 0.1) is 23.0 Å². The summed E-state index contributed by atoms with van der Waals surface area (Å²) in [5, 5.41) is 3.97. The second-order valence-electron chi connectivity index (χ2n) is 10.5. The van der Waals surface area contributed by atoms with Gasteiger partial charge in [0.15, 0.2) is 5.78 Å². The van der Waals surface area contributed by atoms with Crippen LogP contribution in [0.5, 0.6) is 0 Å². The largest absolute Gasteiger partial charge is 0.317 e. The van der Waals surface area contributed by atoms with Crippen LogP contribution < -0.4 is 0 Å². The Hall–Kier alpha value is -3.72. The van der Waals surface area contributed by atoms with E-state index in [9.17, 15) is 17.8 Å². The molecule has 9 heteroatoms. The van der Waals surface area contributed by atoms with Gasteiger partial charge in [-0.3, -0.25) is 18.7 Å². The lowest BCUT2D eigenvalue weighted by Gasteiger charge is -2.45. The fourth-order valence-electron chi connectivity index (χ4n) is 6.16. The SMILES string of the molecule is CC(C1CCC2=Cc3c(ccn3-c3ccc(F)cc3)CC2(C(=O)c2cc(F)ccn2)C1)S(=O)c1cnn(C)c1. The Bertz CT molecular complexity index is 1620. The molecule has 1 fully saturated rings. The van der Waals surface area contributed by atoms with Gasteiger partial charge in [-0.15, -0.1) is 0 Å². The van der Waals surface area contributed by atoms with Crippen LogP contribution in [0.2, 0.25) is 0 Å². The maximum atomic E-state index is 14.2. The maximum absolute atomic E-state index is 14.2. The van der Waals surface area contributed by atoms with Gasteiger partial charge < -0.3 is 4.57 Å². The molecule has 0 radical (unpaired) electrons. The van der Waals surface area contributed by atoms with Crippen molar-refractivity contribution in [1.82, 2.24) is 19.3 Å². The Kier molecular flexibility index (Phi) is 6.41. The maximum Gasteiger partial charge on any atom is 0.191 e. The second kappa shape index (κ2) is 9.79. The summed E-state index contributed by atoms with van der Waals surface area (Å²) in [5.41, 5.74) is 2.92. The summed E-state index contributed by atoms with van der Waals surface area (Å²) in [6, 6.07) is 10.7. The quantitative estimate of drug-likeness (QED) is 0.292. The average Bonchev–Trinajstić information content (AvgIpc) is 3.56. The summed E-state index contributed by atoms with van der Waals surface area (Å²) in [6.45, 7) is 1.97. The third-order valence-corrected chi connectivity index (χ3v) is 9.97. The van der Waals surface area contributed by atoms with Gasteiger partial charge in [-0.05, 0) is 79.6 Å². The average molecular weight is 547 g/mol. The number of aryl methyl sites for hydroxylation is 1. The van der Waals surface area contributed by atoms with Crippen LogP contribution in [0.1, 0.15) is 47.9 Å². The molecule has 2 aliphatic rings. The number of pyridine rings is 1. The highest BCUT2D eigenvalue weighted by Gasteiger charge is 2.50. The van der Waals surface area contributed by atoms with Crippen LogP contribution in [-0.2, 0) is 24.3 Å². The van der Waals surface area contributed by atoms with E-state index in [-0.39, 0.29) is 28.5 Å². The molecule has 3 heterocycles. The molecule has 0 spiro atoms. The van der Waals surface area contributed by atoms with Crippen LogP contribution in [0.25, 0.3) is 11.8 Å². The van der Waals surface area contributed by atoms with E-state index in [0.29, 0.717) is 24.2 Å². The zero-order chi connectivity index (χ0) is 27.3. The lowest BCUT2D eigenvalue weighted by atomic mass is 9.58. The molecule has 1 aromatic carbocycles. The minimum atomic E-state index is -1.29. The van der Waals surface area contributed by atoms with Gasteiger partial charge in [-0.2, -0.15) is 5.10 Å². The van der Waals surface area contributed by atoms with Gasteiger partial charge in [0.1, 0.15) is 17.3 Å². The van der Waals surface area contributed by atoms with Crippen molar-refractivity contribution in [2.45, 2.75) is 42.8 Å². The van der Waals surface area contributed by atoms with E-state index in [2.05, 4.69) is 16.2 Å². The number of aromatic nitrogens is 4. The highest BCUT2D eigenvalue weighted by Crippen LogP contribution is 2.53. The van der Waals surface area contributed by atoms with Crippen molar-refractivity contribution in [1.29, 1.82) is 0 Å². The molecule has 4 unspecified atom stereocenters.